The predicted octanol–water partition coefficient (Wildman–Crippen LogP) is 2.27. The predicted molar refractivity (Wildman–Crippen MR) is 49.5 cm³/mol. The Kier molecular flexibility index (Phi) is 2.58. The van der Waals surface area contributed by atoms with Crippen LogP contribution in [-0.2, 0) is 0 Å². The van der Waals surface area contributed by atoms with Gasteiger partial charge in [0.25, 0.3) is 0 Å². The topological polar surface area (TPSA) is 0 Å². The van der Waals surface area contributed by atoms with Crippen molar-refractivity contribution in [3.63, 3.8) is 0 Å². The van der Waals surface area contributed by atoms with E-state index in [4.69, 9.17) is 0 Å². The van der Waals surface area contributed by atoms with E-state index in [1.807, 2.05) is 0 Å². The van der Waals surface area contributed by atoms with Gasteiger partial charge >= 0.3 is 0 Å². The van der Waals surface area contributed by atoms with E-state index in [0.29, 0.717) is 0 Å². The van der Waals surface area contributed by atoms with Crippen LogP contribution in [0.1, 0.15) is 33.1 Å². The Morgan fingerprint density at radius 1 is 1.27 bits per heavy atom. The average Bonchev–Trinajstić information content (AvgIpc) is 1.79. The van der Waals surface area contributed by atoms with Crippen LogP contribution in [-0.4, -0.2) is 31.2 Å². The third-order valence-corrected chi connectivity index (χ3v) is 3.35. The molecule has 0 amide bonds. The minimum absolute atomic E-state index is 0.774. The molecule has 0 aromatic carbocycles. The molecular weight excluding hydrogens is 134 g/mol. The van der Waals surface area contributed by atoms with Gasteiger partial charge in [-0.1, -0.05) is 6.42 Å². The first-order valence-corrected chi connectivity index (χ1v) is 4.85. The summed E-state index contributed by atoms with van der Waals surface area (Å²) in [5.74, 6) is 1.03. The molecule has 0 heterocycles. The van der Waals surface area contributed by atoms with Crippen LogP contribution in [0.3, 0.4) is 0 Å². The smallest absolute Gasteiger partial charge is 0.0829 e. The van der Waals surface area contributed by atoms with E-state index >= 15 is 0 Å². The molecule has 1 rings (SSSR count). The Morgan fingerprint density at radius 3 is 2.09 bits per heavy atom. The molecule has 11 heavy (non-hydrogen) atoms. The summed E-state index contributed by atoms with van der Waals surface area (Å²) >= 11 is 0. The lowest BCUT2D eigenvalue weighted by molar-refractivity contribution is -0.915. The van der Waals surface area contributed by atoms with Crippen molar-refractivity contribution >= 4 is 0 Å². The summed E-state index contributed by atoms with van der Waals surface area (Å²) in [6.07, 6.45) is 4.44. The zero-order valence-corrected chi connectivity index (χ0v) is 8.43. The molecule has 1 nitrogen and oxygen atoms in total. The quantitative estimate of drug-likeness (QED) is 0.550. The maximum Gasteiger partial charge on any atom is 0.0829 e. The third-order valence-electron chi connectivity index (χ3n) is 3.35. The molecule has 1 heteroatoms. The van der Waals surface area contributed by atoms with Crippen LogP contribution in [0.25, 0.3) is 0 Å². The SMILES string of the molecule is CC(C)[N+](C)(C)CC1CCC1. The van der Waals surface area contributed by atoms with Crippen LogP contribution >= 0.6 is 0 Å². The maximum absolute atomic E-state index is 2.35. The van der Waals surface area contributed by atoms with Crippen molar-refractivity contribution in [1.29, 1.82) is 0 Å². The highest BCUT2D eigenvalue weighted by molar-refractivity contribution is 4.69. The molecule has 0 N–H and O–H groups in total. The number of hydrogen-bond donors (Lipinski definition) is 0. The Hall–Kier alpha value is -0.0400. The van der Waals surface area contributed by atoms with Gasteiger partial charge in [-0.25, -0.2) is 0 Å². The second-order valence-electron chi connectivity index (χ2n) is 4.85. The summed E-state index contributed by atoms with van der Waals surface area (Å²) in [7, 11) is 4.70. The molecule has 1 aliphatic rings. The number of nitrogens with zero attached hydrogens (tertiary/aromatic N) is 1. The van der Waals surface area contributed by atoms with Crippen molar-refractivity contribution in [2.24, 2.45) is 5.92 Å². The minimum atomic E-state index is 0.774. The monoisotopic (exact) mass is 156 g/mol. The molecule has 0 unspecified atom stereocenters. The average molecular weight is 156 g/mol. The van der Waals surface area contributed by atoms with E-state index in [2.05, 4.69) is 27.9 Å². The Morgan fingerprint density at radius 2 is 1.82 bits per heavy atom. The second kappa shape index (κ2) is 3.14. The fraction of sp³-hybridized carbons (Fsp3) is 1.00. The number of rotatable bonds is 3. The van der Waals surface area contributed by atoms with Crippen LogP contribution in [0.15, 0.2) is 0 Å². The highest BCUT2D eigenvalue weighted by Crippen LogP contribution is 2.29. The standard InChI is InChI=1S/C10H22N/c1-9(2)11(3,4)8-10-6-5-7-10/h9-10H,5-8H2,1-4H3/q+1. The molecule has 1 fully saturated rings. The summed E-state index contributed by atoms with van der Waals surface area (Å²) in [5.41, 5.74) is 0. The van der Waals surface area contributed by atoms with Gasteiger partial charge in [0, 0.05) is 5.92 Å². The van der Waals surface area contributed by atoms with Gasteiger partial charge in [0.15, 0.2) is 0 Å². The van der Waals surface area contributed by atoms with Crippen molar-refractivity contribution in [1.82, 2.24) is 0 Å². The van der Waals surface area contributed by atoms with Gasteiger partial charge in [-0.3, -0.25) is 0 Å². The van der Waals surface area contributed by atoms with Crippen LogP contribution < -0.4 is 0 Å². The molecular formula is C10H22N+. The van der Waals surface area contributed by atoms with Crippen molar-refractivity contribution < 1.29 is 4.48 Å². The van der Waals surface area contributed by atoms with Crippen molar-refractivity contribution in [3.8, 4) is 0 Å². The fourth-order valence-electron chi connectivity index (χ4n) is 1.55. The highest BCUT2D eigenvalue weighted by atomic mass is 15.3. The minimum Gasteiger partial charge on any atom is -0.326 e. The molecule has 0 spiro atoms. The molecule has 0 atom stereocenters. The molecule has 0 aromatic rings. The highest BCUT2D eigenvalue weighted by Gasteiger charge is 2.28. The summed E-state index contributed by atoms with van der Waals surface area (Å²) in [6, 6.07) is 0.774. The molecule has 1 saturated carbocycles. The summed E-state index contributed by atoms with van der Waals surface area (Å²) in [5, 5.41) is 0. The fourth-order valence-corrected chi connectivity index (χ4v) is 1.55. The maximum atomic E-state index is 2.35. The van der Waals surface area contributed by atoms with Gasteiger partial charge in [-0.2, -0.15) is 0 Å². The molecule has 0 bridgehead atoms. The lowest BCUT2D eigenvalue weighted by Crippen LogP contribution is -2.49. The normalized spacial score (nSPS) is 20.5. The zero-order chi connectivity index (χ0) is 8.48. The summed E-state index contributed by atoms with van der Waals surface area (Å²) in [6.45, 7) is 6.02. The van der Waals surface area contributed by atoms with E-state index in [0.717, 1.165) is 12.0 Å². The van der Waals surface area contributed by atoms with E-state index in [1.54, 1.807) is 0 Å². The molecule has 0 aliphatic heterocycles. The Balaban J connectivity index is 2.32. The number of hydrogen-bond acceptors (Lipinski definition) is 0. The third kappa shape index (κ3) is 2.19. The van der Waals surface area contributed by atoms with Gasteiger partial charge in [0.2, 0.25) is 0 Å². The van der Waals surface area contributed by atoms with Crippen LogP contribution in [0.4, 0.5) is 0 Å². The van der Waals surface area contributed by atoms with Gasteiger partial charge in [0.1, 0.15) is 0 Å². The molecule has 0 radical (unpaired) electrons. The largest absolute Gasteiger partial charge is 0.326 e. The zero-order valence-electron chi connectivity index (χ0n) is 8.43. The molecule has 0 aromatic heterocycles. The lowest BCUT2D eigenvalue weighted by atomic mass is 9.84. The summed E-state index contributed by atoms with van der Waals surface area (Å²) in [4.78, 5) is 0. The Bertz CT molecular complexity index is 123. The first-order chi connectivity index (χ1) is 5.02. The van der Waals surface area contributed by atoms with Crippen LogP contribution in [0.5, 0.6) is 0 Å². The molecule has 1 aliphatic carbocycles. The van der Waals surface area contributed by atoms with E-state index in [1.165, 1.54) is 30.3 Å². The van der Waals surface area contributed by atoms with Crippen molar-refractivity contribution in [3.05, 3.63) is 0 Å². The van der Waals surface area contributed by atoms with E-state index in [-0.39, 0.29) is 0 Å². The number of quaternary nitrogens is 1. The van der Waals surface area contributed by atoms with Gasteiger partial charge in [-0.15, -0.1) is 0 Å². The first kappa shape index (κ1) is 9.05. The Labute approximate surface area is 71.0 Å². The van der Waals surface area contributed by atoms with Crippen molar-refractivity contribution in [2.75, 3.05) is 20.6 Å². The first-order valence-electron chi connectivity index (χ1n) is 4.85. The summed E-state index contributed by atoms with van der Waals surface area (Å²) < 4.78 is 1.20. The van der Waals surface area contributed by atoms with Crippen LogP contribution in [0, 0.1) is 5.92 Å². The van der Waals surface area contributed by atoms with Gasteiger partial charge in [0.05, 0.1) is 26.7 Å². The second-order valence-corrected chi connectivity index (χ2v) is 4.85. The van der Waals surface area contributed by atoms with Gasteiger partial charge in [-0.05, 0) is 26.7 Å². The lowest BCUT2D eigenvalue weighted by Gasteiger charge is -2.39. The molecule has 66 valence electrons. The van der Waals surface area contributed by atoms with Gasteiger partial charge < -0.3 is 4.48 Å². The van der Waals surface area contributed by atoms with Crippen molar-refractivity contribution in [2.45, 2.75) is 39.2 Å². The molecule has 0 saturated heterocycles. The van der Waals surface area contributed by atoms with Crippen LogP contribution in [0.2, 0.25) is 0 Å². The van der Waals surface area contributed by atoms with E-state index in [9.17, 15) is 0 Å². The van der Waals surface area contributed by atoms with E-state index < -0.39 is 0 Å².